The third kappa shape index (κ3) is 9.54. The van der Waals surface area contributed by atoms with Crippen molar-refractivity contribution in [3.63, 3.8) is 0 Å². The van der Waals surface area contributed by atoms with Crippen molar-refractivity contribution in [1.82, 2.24) is 10.6 Å². The maximum Gasteiger partial charge on any atom is 0.573 e. The van der Waals surface area contributed by atoms with Gasteiger partial charge in [0.1, 0.15) is 5.75 Å². The fraction of sp³-hybridized carbons (Fsp3) is 0.562. The third-order valence-electron chi connectivity index (χ3n) is 9.16. The molecule has 0 bridgehead atoms. The van der Waals surface area contributed by atoms with Crippen LogP contribution in [0, 0.1) is 23.7 Å². The fourth-order valence-electron chi connectivity index (χ4n) is 6.64. The molecule has 4 atom stereocenters. The molecule has 4 rings (SSSR count). The maximum absolute atomic E-state index is 13.5. The summed E-state index contributed by atoms with van der Waals surface area (Å²) in [6.45, 7) is 3.81. The molecular formula is C32H35F9N2O4. The van der Waals surface area contributed by atoms with Crippen LogP contribution in [0.15, 0.2) is 36.4 Å². The summed E-state index contributed by atoms with van der Waals surface area (Å²) in [5.74, 6) is -3.54. The summed E-state index contributed by atoms with van der Waals surface area (Å²) in [5, 5.41) is 14.9. The van der Waals surface area contributed by atoms with Crippen LogP contribution in [0.3, 0.4) is 0 Å². The van der Waals surface area contributed by atoms with Crippen molar-refractivity contribution in [2.24, 2.45) is 23.7 Å². The zero-order valence-electron chi connectivity index (χ0n) is 25.5. The molecule has 1 saturated carbocycles. The molecule has 2 aromatic rings. The molecule has 1 aliphatic heterocycles. The van der Waals surface area contributed by atoms with Crippen molar-refractivity contribution in [3.8, 4) is 5.75 Å². The molecule has 1 heterocycles. The van der Waals surface area contributed by atoms with Crippen LogP contribution in [-0.2, 0) is 28.4 Å². The molecule has 6 nitrogen and oxygen atoms in total. The second-order valence-corrected chi connectivity index (χ2v) is 12.5. The highest BCUT2D eigenvalue weighted by atomic mass is 19.4. The number of benzene rings is 2. The van der Waals surface area contributed by atoms with Crippen LogP contribution in [0.2, 0.25) is 0 Å². The highest BCUT2D eigenvalue weighted by Gasteiger charge is 2.43. The first kappa shape index (κ1) is 36.3. The number of hydrogen-bond donors (Lipinski definition) is 3. The Morgan fingerprint density at radius 2 is 1.51 bits per heavy atom. The van der Waals surface area contributed by atoms with Crippen LogP contribution in [0.25, 0.3) is 0 Å². The molecule has 260 valence electrons. The second kappa shape index (κ2) is 13.9. The topological polar surface area (TPSA) is 87.7 Å². The summed E-state index contributed by atoms with van der Waals surface area (Å²) >= 11 is 0. The van der Waals surface area contributed by atoms with Gasteiger partial charge >= 0.3 is 24.7 Å². The monoisotopic (exact) mass is 682 g/mol. The molecule has 3 N–H and O–H groups in total. The van der Waals surface area contributed by atoms with E-state index in [1.807, 2.05) is 0 Å². The highest BCUT2D eigenvalue weighted by Crippen LogP contribution is 2.43. The predicted octanol–water partition coefficient (Wildman–Crippen LogP) is 8.22. The van der Waals surface area contributed by atoms with E-state index in [4.69, 9.17) is 5.11 Å². The summed E-state index contributed by atoms with van der Waals surface area (Å²) in [4.78, 5) is 24.2. The molecule has 0 radical (unpaired) electrons. The standard InChI is InChI=1S/C32H35F9N2O4/c1-16-26(29(46)43-28(16)21-10-22(30(33,34)35)14-23(11-21)31(36,37)38)13-20-12-24(47-32(39,40)41)7-8-25(20)17(2)42-15-19-5-3-18(4-6-19)9-27(44)45/h7-8,10-12,14,16-19,26,28,42H,3-6,9,13,15H2,1-2H3,(H,43,46)(H,44,45)/t16-,17?,18?,19?,26?,28+/m0/s1. The molecular weight excluding hydrogens is 647 g/mol. The van der Waals surface area contributed by atoms with Gasteiger partial charge < -0.3 is 20.5 Å². The van der Waals surface area contributed by atoms with Crippen LogP contribution in [-0.4, -0.2) is 29.9 Å². The van der Waals surface area contributed by atoms with Crippen molar-refractivity contribution >= 4 is 11.9 Å². The molecule has 2 aliphatic rings. The number of nitrogens with one attached hydrogen (secondary N) is 2. The number of carbonyl (C=O) groups is 2. The van der Waals surface area contributed by atoms with Gasteiger partial charge in [-0.15, -0.1) is 13.2 Å². The second-order valence-electron chi connectivity index (χ2n) is 12.5. The molecule has 15 heteroatoms. The molecule has 1 saturated heterocycles. The number of carboxylic acid groups (broad SMARTS) is 1. The minimum Gasteiger partial charge on any atom is -0.481 e. The Labute approximate surface area is 265 Å². The van der Waals surface area contributed by atoms with Crippen molar-refractivity contribution in [1.29, 1.82) is 0 Å². The molecule has 2 unspecified atom stereocenters. The Balaban J connectivity index is 1.56. The normalized spacial score (nSPS) is 24.6. The lowest BCUT2D eigenvalue weighted by Gasteiger charge is -2.29. The number of alkyl halides is 9. The molecule has 2 aromatic carbocycles. The number of halogens is 9. The highest BCUT2D eigenvalue weighted by molar-refractivity contribution is 5.82. The lowest BCUT2D eigenvalue weighted by molar-refractivity contribution is -0.274. The van der Waals surface area contributed by atoms with E-state index in [0.717, 1.165) is 37.8 Å². The van der Waals surface area contributed by atoms with E-state index in [0.29, 0.717) is 29.8 Å². The molecule has 1 aliphatic carbocycles. The van der Waals surface area contributed by atoms with E-state index in [1.165, 1.54) is 13.0 Å². The number of aliphatic carboxylic acids is 1. The summed E-state index contributed by atoms with van der Waals surface area (Å²) < 4.78 is 124. The van der Waals surface area contributed by atoms with Crippen LogP contribution in [0.5, 0.6) is 5.75 Å². The molecule has 2 fully saturated rings. The third-order valence-corrected chi connectivity index (χ3v) is 9.16. The summed E-state index contributed by atoms with van der Waals surface area (Å²) in [6.07, 6.45) is -12.1. The zero-order valence-corrected chi connectivity index (χ0v) is 25.5. The van der Waals surface area contributed by atoms with Gasteiger partial charge in [-0.3, -0.25) is 9.59 Å². The van der Waals surface area contributed by atoms with E-state index in [-0.39, 0.29) is 30.7 Å². The van der Waals surface area contributed by atoms with E-state index in [1.54, 1.807) is 6.92 Å². The Morgan fingerprint density at radius 3 is 2.04 bits per heavy atom. The van der Waals surface area contributed by atoms with Crippen LogP contribution in [0.1, 0.15) is 85.9 Å². The van der Waals surface area contributed by atoms with Gasteiger partial charge in [0.05, 0.1) is 17.2 Å². The van der Waals surface area contributed by atoms with Crippen molar-refractivity contribution in [2.45, 2.75) is 83.2 Å². The lowest BCUT2D eigenvalue weighted by atomic mass is 9.80. The van der Waals surface area contributed by atoms with Gasteiger partial charge in [0.2, 0.25) is 5.91 Å². The van der Waals surface area contributed by atoms with Gasteiger partial charge in [-0.2, -0.15) is 26.3 Å². The minimum absolute atomic E-state index is 0.00303. The first-order valence-corrected chi connectivity index (χ1v) is 15.1. The Kier molecular flexibility index (Phi) is 10.8. The van der Waals surface area contributed by atoms with Gasteiger partial charge in [0.25, 0.3) is 0 Å². The quantitative estimate of drug-likeness (QED) is 0.220. The number of carboxylic acids is 1. The van der Waals surface area contributed by atoms with Gasteiger partial charge in [0.15, 0.2) is 0 Å². The average molecular weight is 683 g/mol. The van der Waals surface area contributed by atoms with E-state index in [9.17, 15) is 49.1 Å². The van der Waals surface area contributed by atoms with E-state index < -0.39 is 77.0 Å². The van der Waals surface area contributed by atoms with Gasteiger partial charge in [-0.1, -0.05) is 13.0 Å². The summed E-state index contributed by atoms with van der Waals surface area (Å²) in [7, 11) is 0. The summed E-state index contributed by atoms with van der Waals surface area (Å²) in [5.41, 5.74) is -2.60. The number of ether oxygens (including phenoxy) is 1. The Bertz CT molecular complexity index is 1400. The maximum atomic E-state index is 13.5. The largest absolute Gasteiger partial charge is 0.573 e. The van der Waals surface area contributed by atoms with Gasteiger partial charge in [0, 0.05) is 18.4 Å². The fourth-order valence-corrected chi connectivity index (χ4v) is 6.64. The van der Waals surface area contributed by atoms with Crippen molar-refractivity contribution < 1.29 is 58.9 Å². The molecule has 47 heavy (non-hydrogen) atoms. The van der Waals surface area contributed by atoms with Crippen molar-refractivity contribution in [2.75, 3.05) is 6.54 Å². The first-order valence-electron chi connectivity index (χ1n) is 15.1. The zero-order chi connectivity index (χ0) is 34.9. The Hall–Kier alpha value is -3.49. The summed E-state index contributed by atoms with van der Waals surface area (Å²) in [6, 6.07) is 3.16. The predicted molar refractivity (Wildman–Crippen MR) is 151 cm³/mol. The van der Waals surface area contributed by atoms with Crippen molar-refractivity contribution in [3.05, 3.63) is 64.2 Å². The van der Waals surface area contributed by atoms with Gasteiger partial charge in [-0.25, -0.2) is 0 Å². The SMILES string of the molecule is CC(NCC1CCC(CC(=O)O)CC1)c1ccc(OC(F)(F)F)cc1CC1C(=O)N[C@@H](c2cc(C(F)(F)F)cc(C(F)(F)F)c2)[C@H]1C. The molecule has 1 amide bonds. The van der Waals surface area contributed by atoms with Gasteiger partial charge in [-0.05, 0) is 110 Å². The first-order chi connectivity index (χ1) is 21.7. The average Bonchev–Trinajstić information content (AvgIpc) is 3.23. The lowest BCUT2D eigenvalue weighted by Crippen LogP contribution is -2.30. The minimum atomic E-state index is -5.09. The molecule has 0 spiro atoms. The number of hydrogen-bond acceptors (Lipinski definition) is 4. The number of carbonyl (C=O) groups excluding carboxylic acids is 1. The van der Waals surface area contributed by atoms with Crippen LogP contribution >= 0.6 is 0 Å². The Morgan fingerprint density at radius 1 is 0.936 bits per heavy atom. The molecule has 0 aromatic heterocycles. The number of amides is 1. The van der Waals surface area contributed by atoms with Crippen LogP contribution in [0.4, 0.5) is 39.5 Å². The smallest absolute Gasteiger partial charge is 0.481 e. The number of rotatable bonds is 10. The van der Waals surface area contributed by atoms with E-state index >= 15 is 0 Å². The van der Waals surface area contributed by atoms with E-state index in [2.05, 4.69) is 15.4 Å². The van der Waals surface area contributed by atoms with Crippen LogP contribution < -0.4 is 15.4 Å².